The van der Waals surface area contributed by atoms with E-state index < -0.39 is 0 Å². The third-order valence-corrected chi connectivity index (χ3v) is 6.92. The molecule has 1 aliphatic carbocycles. The minimum atomic E-state index is -0.218. The lowest BCUT2D eigenvalue weighted by atomic mass is 9.82. The molecule has 1 saturated carbocycles. The van der Waals surface area contributed by atoms with Gasteiger partial charge in [-0.15, -0.1) is 0 Å². The molecule has 174 valence electrons. The summed E-state index contributed by atoms with van der Waals surface area (Å²) in [5.41, 5.74) is 2.52. The number of likely N-dealkylation sites (tertiary alicyclic amines) is 1. The van der Waals surface area contributed by atoms with Gasteiger partial charge < -0.3 is 14.4 Å². The van der Waals surface area contributed by atoms with E-state index in [0.717, 1.165) is 50.8 Å². The van der Waals surface area contributed by atoms with Crippen molar-refractivity contribution in [1.29, 1.82) is 0 Å². The van der Waals surface area contributed by atoms with Gasteiger partial charge in [0.05, 0.1) is 25.4 Å². The van der Waals surface area contributed by atoms with E-state index in [4.69, 9.17) is 9.47 Å². The third kappa shape index (κ3) is 5.71. The Labute approximate surface area is 191 Å². The van der Waals surface area contributed by atoms with Crippen LogP contribution in [0, 0.1) is 5.92 Å². The summed E-state index contributed by atoms with van der Waals surface area (Å²) < 4.78 is 12.1. The van der Waals surface area contributed by atoms with Crippen molar-refractivity contribution < 1.29 is 14.3 Å². The smallest absolute Gasteiger partial charge is 0.410 e. The number of hydrogen-bond donors (Lipinski definition) is 1. The summed E-state index contributed by atoms with van der Waals surface area (Å²) in [6.07, 6.45) is 8.25. The molecule has 2 atom stereocenters. The van der Waals surface area contributed by atoms with Crippen LogP contribution in [0.1, 0.15) is 75.5 Å². The molecule has 1 amide bonds. The van der Waals surface area contributed by atoms with Crippen LogP contribution in [0.15, 0.2) is 42.6 Å². The van der Waals surface area contributed by atoms with Crippen LogP contribution >= 0.6 is 0 Å². The second kappa shape index (κ2) is 11.0. The van der Waals surface area contributed by atoms with Crippen LogP contribution in [0.3, 0.4) is 0 Å². The molecule has 2 aromatic rings. The number of benzene rings is 1. The fraction of sp³-hybridized carbons (Fsp3) is 0.615. The Kier molecular flexibility index (Phi) is 7.85. The molecule has 0 radical (unpaired) electrons. The van der Waals surface area contributed by atoms with Gasteiger partial charge in [-0.2, -0.15) is 5.10 Å². The number of aromatic nitrogens is 2. The molecule has 0 unspecified atom stereocenters. The predicted octanol–water partition coefficient (Wildman–Crippen LogP) is 5.49. The molecule has 2 fully saturated rings. The van der Waals surface area contributed by atoms with Crippen molar-refractivity contribution in [2.75, 3.05) is 19.8 Å². The van der Waals surface area contributed by atoms with Gasteiger partial charge in [0.1, 0.15) is 0 Å². The molecule has 1 aromatic carbocycles. The van der Waals surface area contributed by atoms with Crippen LogP contribution in [-0.2, 0) is 9.47 Å². The summed E-state index contributed by atoms with van der Waals surface area (Å²) in [5.74, 6) is 1.14. The number of H-pyrrole nitrogens is 1. The van der Waals surface area contributed by atoms with Gasteiger partial charge in [-0.1, -0.05) is 44.2 Å². The van der Waals surface area contributed by atoms with E-state index in [1.807, 2.05) is 11.0 Å². The van der Waals surface area contributed by atoms with Gasteiger partial charge in [0.15, 0.2) is 0 Å². The van der Waals surface area contributed by atoms with Crippen LogP contribution in [0.4, 0.5) is 4.79 Å². The average Bonchev–Trinajstić information content (AvgIpc) is 3.37. The van der Waals surface area contributed by atoms with Gasteiger partial charge in [0, 0.05) is 24.4 Å². The van der Waals surface area contributed by atoms with Gasteiger partial charge in [0.2, 0.25) is 0 Å². The average molecular weight is 440 g/mol. The standard InChI is InChI=1S/C26H37N3O3/c1-19(2)17-32-26(30)29-16-6-9-23(24-14-15-27-28-24)25(29)18-31-22-12-10-21(11-13-22)20-7-4-3-5-8-20/h3-5,7-8,14-15,19,21-23,25H,6,9-13,16-18H2,1-2H3,(H,27,28)/t21?,22?,23-,25+/m1/s1. The Hall–Kier alpha value is -2.34. The molecule has 0 spiro atoms. The van der Waals surface area contributed by atoms with Crippen molar-refractivity contribution in [3.05, 3.63) is 53.9 Å². The topological polar surface area (TPSA) is 67.5 Å². The molecule has 1 aromatic heterocycles. The van der Waals surface area contributed by atoms with Crippen LogP contribution in [0.2, 0.25) is 0 Å². The Morgan fingerprint density at radius 3 is 2.59 bits per heavy atom. The third-order valence-electron chi connectivity index (χ3n) is 6.92. The summed E-state index contributed by atoms with van der Waals surface area (Å²) in [6, 6.07) is 12.8. The van der Waals surface area contributed by atoms with Crippen LogP contribution in [-0.4, -0.2) is 53.1 Å². The number of carbonyl (C=O) groups excluding carboxylic acids is 1. The van der Waals surface area contributed by atoms with Crippen molar-refractivity contribution in [3.63, 3.8) is 0 Å². The van der Waals surface area contributed by atoms with Gasteiger partial charge >= 0.3 is 6.09 Å². The second-order valence-corrected chi connectivity index (χ2v) is 9.71. The zero-order valence-corrected chi connectivity index (χ0v) is 19.4. The number of carbonyl (C=O) groups is 1. The minimum Gasteiger partial charge on any atom is -0.449 e. The predicted molar refractivity (Wildman–Crippen MR) is 125 cm³/mol. The van der Waals surface area contributed by atoms with Crippen LogP contribution in [0.5, 0.6) is 0 Å². The first-order valence-corrected chi connectivity index (χ1v) is 12.2. The van der Waals surface area contributed by atoms with Crippen molar-refractivity contribution in [1.82, 2.24) is 15.1 Å². The SMILES string of the molecule is CC(C)COC(=O)N1CCC[C@H](c2ccn[nH]2)[C@@H]1COC1CCC(c2ccccc2)CC1. The van der Waals surface area contributed by atoms with E-state index in [0.29, 0.717) is 25.0 Å². The highest BCUT2D eigenvalue weighted by Gasteiger charge is 2.38. The number of nitrogens with zero attached hydrogens (tertiary/aromatic N) is 2. The summed E-state index contributed by atoms with van der Waals surface area (Å²) in [7, 11) is 0. The lowest BCUT2D eigenvalue weighted by Crippen LogP contribution is -2.50. The van der Waals surface area contributed by atoms with Crippen molar-refractivity contribution in [3.8, 4) is 0 Å². The monoisotopic (exact) mass is 439 g/mol. The summed E-state index contributed by atoms with van der Waals surface area (Å²) in [4.78, 5) is 14.8. The summed E-state index contributed by atoms with van der Waals surface area (Å²) in [5, 5.41) is 7.27. The fourth-order valence-electron chi connectivity index (χ4n) is 5.17. The molecule has 1 aliphatic heterocycles. The first-order chi connectivity index (χ1) is 15.6. The van der Waals surface area contributed by atoms with Gasteiger partial charge in [-0.3, -0.25) is 5.10 Å². The van der Waals surface area contributed by atoms with Crippen molar-refractivity contribution >= 4 is 6.09 Å². The Balaban J connectivity index is 1.38. The van der Waals surface area contributed by atoms with E-state index in [-0.39, 0.29) is 24.2 Å². The first kappa shape index (κ1) is 22.8. The van der Waals surface area contributed by atoms with E-state index in [1.165, 1.54) is 5.56 Å². The molecule has 6 heteroatoms. The quantitative estimate of drug-likeness (QED) is 0.619. The minimum absolute atomic E-state index is 0.0318. The van der Waals surface area contributed by atoms with E-state index in [9.17, 15) is 4.79 Å². The zero-order valence-electron chi connectivity index (χ0n) is 19.4. The number of hydrogen-bond acceptors (Lipinski definition) is 4. The molecule has 4 rings (SSSR count). The maximum absolute atomic E-state index is 12.9. The first-order valence-electron chi connectivity index (χ1n) is 12.2. The normalized spacial score (nSPS) is 26.3. The highest BCUT2D eigenvalue weighted by Crippen LogP contribution is 2.36. The summed E-state index contributed by atoms with van der Waals surface area (Å²) >= 11 is 0. The highest BCUT2D eigenvalue weighted by molar-refractivity contribution is 5.68. The largest absolute Gasteiger partial charge is 0.449 e. The van der Waals surface area contributed by atoms with Crippen molar-refractivity contribution in [2.24, 2.45) is 5.92 Å². The number of rotatable bonds is 7. The number of aromatic amines is 1. The highest BCUT2D eigenvalue weighted by atomic mass is 16.6. The lowest BCUT2D eigenvalue weighted by Gasteiger charge is -2.41. The van der Waals surface area contributed by atoms with Crippen molar-refractivity contribution in [2.45, 2.75) is 76.4 Å². The van der Waals surface area contributed by atoms with E-state index in [1.54, 1.807) is 6.20 Å². The van der Waals surface area contributed by atoms with Crippen LogP contribution in [0.25, 0.3) is 0 Å². The summed E-state index contributed by atoms with van der Waals surface area (Å²) in [6.45, 7) is 5.82. The Morgan fingerprint density at radius 2 is 1.91 bits per heavy atom. The molecular weight excluding hydrogens is 402 g/mol. The maximum Gasteiger partial charge on any atom is 0.410 e. The molecule has 6 nitrogen and oxygen atoms in total. The van der Waals surface area contributed by atoms with Gasteiger partial charge in [-0.25, -0.2) is 4.79 Å². The van der Waals surface area contributed by atoms with E-state index >= 15 is 0 Å². The maximum atomic E-state index is 12.9. The number of nitrogens with one attached hydrogen (secondary N) is 1. The molecular formula is C26H37N3O3. The fourth-order valence-corrected chi connectivity index (χ4v) is 5.17. The lowest BCUT2D eigenvalue weighted by molar-refractivity contribution is -0.0271. The van der Waals surface area contributed by atoms with Gasteiger partial charge in [0.25, 0.3) is 0 Å². The van der Waals surface area contributed by atoms with Gasteiger partial charge in [-0.05, 0) is 62.0 Å². The Bertz CT molecular complexity index is 816. The molecule has 2 heterocycles. The number of amides is 1. The molecule has 32 heavy (non-hydrogen) atoms. The van der Waals surface area contributed by atoms with E-state index in [2.05, 4.69) is 54.4 Å². The molecule has 1 N–H and O–H groups in total. The molecule has 0 bridgehead atoms. The molecule has 2 aliphatic rings. The zero-order chi connectivity index (χ0) is 22.3. The second-order valence-electron chi connectivity index (χ2n) is 9.71. The molecule has 1 saturated heterocycles. The van der Waals surface area contributed by atoms with Crippen LogP contribution < -0.4 is 0 Å². The Morgan fingerprint density at radius 1 is 1.12 bits per heavy atom. The number of piperidine rings is 1. The number of ether oxygens (including phenoxy) is 2.